The van der Waals surface area contributed by atoms with E-state index in [1.54, 1.807) is 0 Å². The molecule has 2 aliphatic carbocycles. The van der Waals surface area contributed by atoms with Gasteiger partial charge in [-0.25, -0.2) is 12.2 Å². The van der Waals surface area contributed by atoms with Crippen molar-refractivity contribution in [1.82, 2.24) is 0 Å². The van der Waals surface area contributed by atoms with Crippen LogP contribution in [0.5, 0.6) is 0 Å². The summed E-state index contributed by atoms with van der Waals surface area (Å²) >= 11 is 0. The van der Waals surface area contributed by atoms with Gasteiger partial charge in [0.05, 0.1) is 0 Å². The number of hydrogen-bond donors (Lipinski definition) is 0. The number of halogens is 6. The van der Waals surface area contributed by atoms with Crippen molar-refractivity contribution in [2.75, 3.05) is 0 Å². The molecule has 2 rings (SSSR count). The number of allylic oxidation sites excluding steroid dienone is 8. The normalized spacial score (nSPS) is 17.4. The summed E-state index contributed by atoms with van der Waals surface area (Å²) in [5, 5.41) is 0. The third kappa shape index (κ3) is 6.41. The van der Waals surface area contributed by atoms with Gasteiger partial charge in [0.15, 0.2) is 0 Å². The van der Waals surface area contributed by atoms with Crippen molar-refractivity contribution >= 4 is 0 Å². The maximum atomic E-state index is 11.6. The molecule has 0 aromatic carbocycles. The summed E-state index contributed by atoms with van der Waals surface area (Å²) < 4.78 is 69.7. The van der Waals surface area contributed by atoms with Gasteiger partial charge in [0, 0.05) is 0 Å². The third-order valence-electron chi connectivity index (χ3n) is 2.00. The zero-order valence-corrected chi connectivity index (χ0v) is 11.9. The molecule has 0 aromatic heterocycles. The van der Waals surface area contributed by atoms with E-state index in [9.17, 15) is 26.3 Å². The first-order valence-electron chi connectivity index (χ1n) is 4.90. The zero-order chi connectivity index (χ0) is 13.8. The van der Waals surface area contributed by atoms with Crippen molar-refractivity contribution < 1.29 is 52.5 Å². The standard InChI is InChI=1S/2C6H4F3.Zr/c2*7-6(8,9)5-3-1-2-4-5;/h2*1,3H,2H2;/q2*-1;+2. The largest absolute Gasteiger partial charge is 2.00 e. The monoisotopic (exact) mass is 356 g/mol. The molecular weight excluding hydrogens is 349 g/mol. The minimum absolute atomic E-state index is 0. The molecule has 2 aliphatic rings. The second kappa shape index (κ2) is 7.27. The van der Waals surface area contributed by atoms with Crippen LogP contribution in [0.1, 0.15) is 12.8 Å². The fourth-order valence-corrected chi connectivity index (χ4v) is 1.20. The van der Waals surface area contributed by atoms with Gasteiger partial charge < -0.3 is 0 Å². The molecule has 0 heterocycles. The number of hydrogen-bond acceptors (Lipinski definition) is 0. The summed E-state index contributed by atoms with van der Waals surface area (Å²) in [6.45, 7) is 0. The van der Waals surface area contributed by atoms with Crippen molar-refractivity contribution in [2.45, 2.75) is 25.2 Å². The van der Waals surface area contributed by atoms with Crippen molar-refractivity contribution in [3.63, 3.8) is 0 Å². The van der Waals surface area contributed by atoms with Crippen LogP contribution in [0, 0.1) is 12.2 Å². The average Bonchev–Trinajstić information content (AvgIpc) is 2.91. The Balaban J connectivity index is 0.000000324. The van der Waals surface area contributed by atoms with Gasteiger partial charge in [-0.05, 0) is 0 Å². The fourth-order valence-electron chi connectivity index (χ4n) is 1.20. The molecule has 0 bridgehead atoms. The van der Waals surface area contributed by atoms with Crippen LogP contribution in [0.25, 0.3) is 0 Å². The van der Waals surface area contributed by atoms with Gasteiger partial charge in [-0.3, -0.25) is 12.2 Å². The molecule has 0 aromatic rings. The number of alkyl halides is 6. The second-order valence-corrected chi connectivity index (χ2v) is 3.39. The summed E-state index contributed by atoms with van der Waals surface area (Å²) in [5.74, 6) is 0. The van der Waals surface area contributed by atoms with E-state index in [4.69, 9.17) is 0 Å². The zero-order valence-electron chi connectivity index (χ0n) is 9.49. The molecule has 0 aliphatic heterocycles. The topological polar surface area (TPSA) is 0 Å². The van der Waals surface area contributed by atoms with E-state index in [-0.39, 0.29) is 39.0 Å². The van der Waals surface area contributed by atoms with Crippen molar-refractivity contribution in [3.8, 4) is 0 Å². The molecule has 0 atom stereocenters. The Labute approximate surface area is 125 Å². The van der Waals surface area contributed by atoms with Crippen LogP contribution < -0.4 is 0 Å². The van der Waals surface area contributed by atoms with Crippen LogP contribution >= 0.6 is 0 Å². The first kappa shape index (κ1) is 18.4. The smallest absolute Gasteiger partial charge is 0.261 e. The maximum absolute atomic E-state index is 11.6. The van der Waals surface area contributed by atoms with Gasteiger partial charge in [0.25, 0.3) is 0 Å². The van der Waals surface area contributed by atoms with E-state index >= 15 is 0 Å². The predicted octanol–water partition coefficient (Wildman–Crippen LogP) is 4.47. The van der Waals surface area contributed by atoms with Crippen LogP contribution in [0.4, 0.5) is 26.3 Å². The molecule has 19 heavy (non-hydrogen) atoms. The van der Waals surface area contributed by atoms with Crippen LogP contribution in [-0.4, -0.2) is 12.4 Å². The molecule has 0 unspecified atom stereocenters. The summed E-state index contributed by atoms with van der Waals surface area (Å²) in [6.07, 6.45) is 1.47. The molecule has 0 saturated heterocycles. The third-order valence-corrected chi connectivity index (χ3v) is 2.00. The quantitative estimate of drug-likeness (QED) is 0.443. The van der Waals surface area contributed by atoms with Gasteiger partial charge in [0.2, 0.25) is 0 Å². The van der Waals surface area contributed by atoms with Crippen LogP contribution in [0.15, 0.2) is 35.5 Å². The van der Waals surface area contributed by atoms with Crippen LogP contribution in [-0.2, 0) is 26.2 Å². The molecule has 0 N–H and O–H groups in total. The maximum Gasteiger partial charge on any atom is 2.00 e. The van der Waals surface area contributed by atoms with E-state index in [1.165, 1.54) is 12.2 Å². The van der Waals surface area contributed by atoms with E-state index in [0.717, 1.165) is 12.2 Å². The molecule has 102 valence electrons. The average molecular weight is 357 g/mol. The molecule has 0 fully saturated rings. The van der Waals surface area contributed by atoms with Crippen molar-refractivity contribution in [1.29, 1.82) is 0 Å². The van der Waals surface area contributed by atoms with Gasteiger partial charge in [-0.1, -0.05) is 0 Å². The Kier molecular flexibility index (Phi) is 7.05. The first-order valence-corrected chi connectivity index (χ1v) is 4.90. The van der Waals surface area contributed by atoms with E-state index in [1.807, 2.05) is 0 Å². The van der Waals surface area contributed by atoms with Gasteiger partial charge in [0.1, 0.15) is 0 Å². The Morgan fingerprint density at radius 2 is 1.05 bits per heavy atom. The minimum Gasteiger partial charge on any atom is -0.261 e. The van der Waals surface area contributed by atoms with E-state index in [0.29, 0.717) is 0 Å². The van der Waals surface area contributed by atoms with Crippen LogP contribution in [0.2, 0.25) is 0 Å². The SMILES string of the molecule is FC(F)(F)C1=[C-]CC=C1.FC(F)(F)C1=[C-]CC=C1.[Zr+2]. The predicted molar refractivity (Wildman–Crippen MR) is 53.1 cm³/mol. The first-order chi connectivity index (χ1) is 8.21. The second-order valence-electron chi connectivity index (χ2n) is 3.39. The van der Waals surface area contributed by atoms with Crippen LogP contribution in [0.3, 0.4) is 0 Å². The van der Waals surface area contributed by atoms with Crippen molar-refractivity contribution in [2.24, 2.45) is 0 Å². The summed E-state index contributed by atoms with van der Waals surface area (Å²) in [6, 6.07) is 0. The van der Waals surface area contributed by atoms with Crippen molar-refractivity contribution in [3.05, 3.63) is 47.6 Å². The summed E-state index contributed by atoms with van der Waals surface area (Å²) in [7, 11) is 0. The molecule has 0 spiro atoms. The van der Waals surface area contributed by atoms with E-state index < -0.39 is 23.5 Å². The summed E-state index contributed by atoms with van der Waals surface area (Å²) in [4.78, 5) is 0. The molecule has 0 saturated carbocycles. The Morgan fingerprint density at radius 3 is 1.16 bits per heavy atom. The molecular formula is C12H8F6Zr. The molecule has 7 heteroatoms. The Bertz CT molecular complexity index is 369. The number of rotatable bonds is 0. The minimum atomic E-state index is -4.20. The fraction of sp³-hybridized carbons (Fsp3) is 0.333. The molecule has 0 amide bonds. The van der Waals surface area contributed by atoms with Gasteiger partial charge in [-0.2, -0.15) is 38.5 Å². The Morgan fingerprint density at radius 1 is 0.737 bits per heavy atom. The van der Waals surface area contributed by atoms with E-state index in [2.05, 4.69) is 12.2 Å². The van der Waals surface area contributed by atoms with Gasteiger partial charge in [-0.15, -0.1) is 24.0 Å². The molecule has 0 nitrogen and oxygen atoms in total. The van der Waals surface area contributed by atoms with Gasteiger partial charge >= 0.3 is 38.6 Å². The Hall–Kier alpha value is -0.577. The summed E-state index contributed by atoms with van der Waals surface area (Å²) in [5.41, 5.74) is -1.30. The molecule has 0 radical (unpaired) electrons.